The lowest BCUT2D eigenvalue weighted by Crippen LogP contribution is -2.49. The zero-order chi connectivity index (χ0) is 25.8. The van der Waals surface area contributed by atoms with Crippen LogP contribution < -0.4 is 15.0 Å². The molecule has 37 heavy (non-hydrogen) atoms. The van der Waals surface area contributed by atoms with Crippen molar-refractivity contribution in [3.63, 3.8) is 0 Å². The topological polar surface area (TPSA) is 122 Å². The number of piperazine rings is 1. The Morgan fingerprint density at radius 2 is 1.62 bits per heavy atom. The molecule has 3 aromatic rings. The average Bonchev–Trinajstić information content (AvgIpc) is 3.24. The fourth-order valence-corrected chi connectivity index (χ4v) is 5.99. The van der Waals surface area contributed by atoms with E-state index in [4.69, 9.17) is 4.74 Å². The highest BCUT2D eigenvalue weighted by Gasteiger charge is 2.30. The number of carbonyl (C=O) groups excluding carboxylic acids is 2. The van der Waals surface area contributed by atoms with Gasteiger partial charge in [0.15, 0.2) is 0 Å². The quantitative estimate of drug-likeness (QED) is 0.453. The number of aromatic nitrogens is 2. The number of imide groups is 1. The van der Waals surface area contributed by atoms with E-state index in [0.29, 0.717) is 30.6 Å². The molecule has 2 saturated heterocycles. The lowest BCUT2D eigenvalue weighted by molar-refractivity contribution is -0.115. The minimum absolute atomic E-state index is 0.224. The first kappa shape index (κ1) is 24.9. The Bertz CT molecular complexity index is 1440. The van der Waals surface area contributed by atoms with E-state index in [1.54, 1.807) is 36.4 Å². The normalized spacial score (nSPS) is 17.7. The number of nitrogens with one attached hydrogen (secondary N) is 1. The second-order valence-electron chi connectivity index (χ2n) is 8.26. The standard InChI is InChI=1S/C25H23N5O5S2/c31-23-21(36-25(32)28-23)15-19-16-22(35-17-18-7-3-1-4-8-18)27-24(26-19)29-11-13-30(14-12-29)37(33,34)20-9-5-2-6-10-20/h1-10,15-16H,11-14,17H2,(H,28,31,32)/b21-15-. The van der Waals surface area contributed by atoms with Crippen LogP contribution in [0.15, 0.2) is 76.5 Å². The monoisotopic (exact) mass is 537 g/mol. The largest absolute Gasteiger partial charge is 0.473 e. The number of thioether (sulfide) groups is 1. The molecule has 0 atom stereocenters. The minimum Gasteiger partial charge on any atom is -0.473 e. The molecule has 10 nitrogen and oxygen atoms in total. The third-order valence-corrected chi connectivity index (χ3v) is 8.49. The molecule has 0 saturated carbocycles. The number of sulfonamides is 1. The van der Waals surface area contributed by atoms with Gasteiger partial charge in [-0.25, -0.2) is 13.4 Å². The molecule has 0 bridgehead atoms. The van der Waals surface area contributed by atoms with Crippen LogP contribution in [0.2, 0.25) is 0 Å². The zero-order valence-electron chi connectivity index (χ0n) is 19.6. The van der Waals surface area contributed by atoms with Gasteiger partial charge in [-0.1, -0.05) is 48.5 Å². The molecule has 0 unspecified atom stereocenters. The van der Waals surface area contributed by atoms with Crippen LogP contribution in [0.25, 0.3) is 6.08 Å². The number of amides is 2. The molecule has 1 aromatic heterocycles. The number of hydrogen-bond donors (Lipinski definition) is 1. The van der Waals surface area contributed by atoms with Gasteiger partial charge in [-0.2, -0.15) is 9.29 Å². The zero-order valence-corrected chi connectivity index (χ0v) is 21.2. The van der Waals surface area contributed by atoms with Gasteiger partial charge in [0.05, 0.1) is 15.5 Å². The Hall–Kier alpha value is -3.74. The van der Waals surface area contributed by atoms with Crippen molar-refractivity contribution in [1.29, 1.82) is 0 Å². The molecular formula is C25H23N5O5S2. The first-order chi connectivity index (χ1) is 17.9. The van der Waals surface area contributed by atoms with Gasteiger partial charge in [0.25, 0.3) is 11.1 Å². The molecular weight excluding hydrogens is 514 g/mol. The van der Waals surface area contributed by atoms with E-state index in [9.17, 15) is 18.0 Å². The van der Waals surface area contributed by atoms with Crippen molar-refractivity contribution in [1.82, 2.24) is 19.6 Å². The first-order valence-corrected chi connectivity index (χ1v) is 13.7. The van der Waals surface area contributed by atoms with Crippen molar-refractivity contribution in [2.75, 3.05) is 31.1 Å². The Balaban J connectivity index is 1.37. The van der Waals surface area contributed by atoms with E-state index in [1.165, 1.54) is 10.4 Å². The molecule has 0 aliphatic carbocycles. The van der Waals surface area contributed by atoms with Gasteiger partial charge in [-0.3, -0.25) is 14.9 Å². The lowest BCUT2D eigenvalue weighted by atomic mass is 10.2. The number of ether oxygens (including phenoxy) is 1. The van der Waals surface area contributed by atoms with Crippen molar-refractivity contribution < 1.29 is 22.7 Å². The summed E-state index contributed by atoms with van der Waals surface area (Å²) in [5.41, 5.74) is 1.36. The predicted molar refractivity (Wildman–Crippen MR) is 139 cm³/mol. The third-order valence-electron chi connectivity index (χ3n) is 5.76. The number of anilines is 1. The summed E-state index contributed by atoms with van der Waals surface area (Å²) in [6, 6.07) is 19.6. The van der Waals surface area contributed by atoms with Gasteiger partial charge >= 0.3 is 0 Å². The number of nitrogens with zero attached hydrogens (tertiary/aromatic N) is 4. The van der Waals surface area contributed by atoms with Crippen LogP contribution in [0, 0.1) is 0 Å². The Morgan fingerprint density at radius 3 is 2.27 bits per heavy atom. The molecule has 2 aromatic carbocycles. The summed E-state index contributed by atoms with van der Waals surface area (Å²) >= 11 is 0.800. The van der Waals surface area contributed by atoms with Crippen LogP contribution in [-0.2, 0) is 21.4 Å². The Morgan fingerprint density at radius 1 is 0.946 bits per heavy atom. The Labute approximate surface area is 218 Å². The van der Waals surface area contributed by atoms with Crippen LogP contribution in [-0.4, -0.2) is 60.0 Å². The number of hydrogen-bond acceptors (Lipinski definition) is 9. The molecule has 0 spiro atoms. The molecule has 3 heterocycles. The number of benzene rings is 2. The van der Waals surface area contributed by atoms with Crippen molar-refractivity contribution in [2.45, 2.75) is 11.5 Å². The number of rotatable bonds is 7. The average molecular weight is 538 g/mol. The predicted octanol–water partition coefficient (Wildman–Crippen LogP) is 2.89. The third kappa shape index (κ3) is 5.82. The summed E-state index contributed by atoms with van der Waals surface area (Å²) in [5, 5.41) is 1.79. The molecule has 1 N–H and O–H groups in total. The van der Waals surface area contributed by atoms with E-state index in [2.05, 4.69) is 15.3 Å². The molecule has 2 fully saturated rings. The highest BCUT2D eigenvalue weighted by Crippen LogP contribution is 2.27. The van der Waals surface area contributed by atoms with E-state index in [1.807, 2.05) is 35.2 Å². The van der Waals surface area contributed by atoms with Gasteiger partial charge in [0, 0.05) is 32.2 Å². The van der Waals surface area contributed by atoms with E-state index >= 15 is 0 Å². The summed E-state index contributed by atoms with van der Waals surface area (Å²) in [6.45, 7) is 1.55. The molecule has 5 rings (SSSR count). The summed E-state index contributed by atoms with van der Waals surface area (Å²) in [6.07, 6.45) is 1.52. The maximum atomic E-state index is 13.0. The van der Waals surface area contributed by atoms with Gasteiger partial charge in [-0.15, -0.1) is 0 Å². The molecule has 2 aliphatic heterocycles. The fourth-order valence-electron chi connectivity index (χ4n) is 3.88. The van der Waals surface area contributed by atoms with Crippen LogP contribution >= 0.6 is 11.8 Å². The SMILES string of the molecule is O=C1NC(=O)/C(=C/c2cc(OCc3ccccc3)nc(N3CCN(S(=O)(=O)c4ccccc4)CC3)n2)S1. The number of carbonyl (C=O) groups is 2. The van der Waals surface area contributed by atoms with Crippen LogP contribution in [0.3, 0.4) is 0 Å². The fraction of sp³-hybridized carbons (Fsp3) is 0.200. The Kier molecular flexibility index (Phi) is 7.22. The van der Waals surface area contributed by atoms with Crippen molar-refractivity contribution >= 4 is 45.0 Å². The maximum Gasteiger partial charge on any atom is 0.290 e. The van der Waals surface area contributed by atoms with E-state index in [0.717, 1.165) is 17.3 Å². The van der Waals surface area contributed by atoms with Crippen LogP contribution in [0.4, 0.5) is 10.7 Å². The summed E-state index contributed by atoms with van der Waals surface area (Å²) < 4.78 is 33.3. The second-order valence-corrected chi connectivity index (χ2v) is 11.2. The highest BCUT2D eigenvalue weighted by atomic mass is 32.2. The molecule has 0 radical (unpaired) electrons. The maximum absolute atomic E-state index is 13.0. The van der Waals surface area contributed by atoms with Crippen LogP contribution in [0.5, 0.6) is 5.88 Å². The van der Waals surface area contributed by atoms with Gasteiger partial charge in [-0.05, 0) is 35.5 Å². The lowest BCUT2D eigenvalue weighted by Gasteiger charge is -2.34. The summed E-state index contributed by atoms with van der Waals surface area (Å²) in [4.78, 5) is 35.1. The van der Waals surface area contributed by atoms with E-state index in [-0.39, 0.29) is 29.5 Å². The van der Waals surface area contributed by atoms with Crippen molar-refractivity contribution in [3.8, 4) is 5.88 Å². The minimum atomic E-state index is -3.60. The van der Waals surface area contributed by atoms with E-state index < -0.39 is 21.2 Å². The van der Waals surface area contributed by atoms with Crippen LogP contribution in [0.1, 0.15) is 11.3 Å². The molecule has 190 valence electrons. The summed E-state index contributed by atoms with van der Waals surface area (Å²) in [5.74, 6) is 0.167. The first-order valence-electron chi connectivity index (χ1n) is 11.5. The highest BCUT2D eigenvalue weighted by molar-refractivity contribution is 8.18. The molecule has 2 aliphatic rings. The molecule has 2 amide bonds. The molecule has 12 heteroatoms. The van der Waals surface area contributed by atoms with Crippen molar-refractivity contribution in [2.24, 2.45) is 0 Å². The smallest absolute Gasteiger partial charge is 0.290 e. The van der Waals surface area contributed by atoms with Gasteiger partial charge in [0.1, 0.15) is 6.61 Å². The van der Waals surface area contributed by atoms with Gasteiger partial charge in [0.2, 0.25) is 21.9 Å². The van der Waals surface area contributed by atoms with Crippen molar-refractivity contribution in [3.05, 3.63) is 82.9 Å². The van der Waals surface area contributed by atoms with Gasteiger partial charge < -0.3 is 9.64 Å². The summed E-state index contributed by atoms with van der Waals surface area (Å²) in [7, 11) is -3.60. The second kappa shape index (κ2) is 10.7.